The third kappa shape index (κ3) is 7.69. The largest absolute Gasteiger partial charge is 0.352 e. The highest BCUT2D eigenvalue weighted by molar-refractivity contribution is 5.76. The molecular formula is C13H28N2O. The van der Waals surface area contributed by atoms with Gasteiger partial charge in [-0.05, 0) is 24.2 Å². The number of carbonyl (C=O) groups excluding carboxylic acids is 1. The van der Waals surface area contributed by atoms with Crippen molar-refractivity contribution in [1.29, 1.82) is 0 Å². The first-order valence-electron chi connectivity index (χ1n) is 6.28. The van der Waals surface area contributed by atoms with E-state index >= 15 is 0 Å². The molecule has 0 bridgehead atoms. The molecule has 2 atom stereocenters. The minimum absolute atomic E-state index is 0.133. The van der Waals surface area contributed by atoms with Crippen LogP contribution < -0.4 is 11.1 Å². The van der Waals surface area contributed by atoms with Crippen LogP contribution in [0, 0.1) is 11.3 Å². The lowest BCUT2D eigenvalue weighted by molar-refractivity contribution is -0.122. The lowest BCUT2D eigenvalue weighted by Gasteiger charge is -2.23. The molecule has 0 aliphatic heterocycles. The lowest BCUT2D eigenvalue weighted by atomic mass is 9.84. The van der Waals surface area contributed by atoms with E-state index in [9.17, 15) is 4.79 Å². The zero-order valence-corrected chi connectivity index (χ0v) is 11.5. The molecule has 1 amide bonds. The fourth-order valence-electron chi connectivity index (χ4n) is 2.05. The molecule has 0 aromatic heterocycles. The van der Waals surface area contributed by atoms with Crippen molar-refractivity contribution in [2.45, 2.75) is 59.9 Å². The van der Waals surface area contributed by atoms with Gasteiger partial charge in [-0.1, -0.05) is 34.6 Å². The van der Waals surface area contributed by atoms with Crippen LogP contribution in [-0.4, -0.2) is 18.5 Å². The topological polar surface area (TPSA) is 55.1 Å². The molecule has 0 aromatic rings. The first-order valence-corrected chi connectivity index (χ1v) is 6.28. The Morgan fingerprint density at radius 2 is 1.94 bits per heavy atom. The van der Waals surface area contributed by atoms with Crippen molar-refractivity contribution in [3.63, 3.8) is 0 Å². The summed E-state index contributed by atoms with van der Waals surface area (Å²) in [6, 6.07) is 0.134. The molecule has 0 saturated carbocycles. The molecule has 16 heavy (non-hydrogen) atoms. The summed E-state index contributed by atoms with van der Waals surface area (Å²) in [4.78, 5) is 11.7. The van der Waals surface area contributed by atoms with Crippen molar-refractivity contribution < 1.29 is 4.79 Å². The molecule has 96 valence electrons. The highest BCUT2D eigenvalue weighted by Crippen LogP contribution is 2.25. The van der Waals surface area contributed by atoms with Gasteiger partial charge in [-0.15, -0.1) is 0 Å². The third-order valence-electron chi connectivity index (χ3n) is 2.64. The highest BCUT2D eigenvalue weighted by atomic mass is 16.1. The van der Waals surface area contributed by atoms with E-state index in [1.165, 1.54) is 0 Å². The van der Waals surface area contributed by atoms with Crippen LogP contribution in [0.15, 0.2) is 0 Å². The van der Waals surface area contributed by atoms with Crippen LogP contribution in [0.25, 0.3) is 0 Å². The van der Waals surface area contributed by atoms with Gasteiger partial charge in [0.15, 0.2) is 0 Å². The van der Waals surface area contributed by atoms with Gasteiger partial charge in [-0.3, -0.25) is 4.79 Å². The Bertz CT molecular complexity index is 204. The number of nitrogens with one attached hydrogen (secondary N) is 1. The van der Waals surface area contributed by atoms with Crippen LogP contribution in [0.5, 0.6) is 0 Å². The van der Waals surface area contributed by atoms with Gasteiger partial charge in [0.25, 0.3) is 0 Å². The third-order valence-corrected chi connectivity index (χ3v) is 2.64. The Morgan fingerprint density at radius 3 is 2.31 bits per heavy atom. The number of carbonyl (C=O) groups is 1. The fraction of sp³-hybridized carbons (Fsp3) is 0.923. The van der Waals surface area contributed by atoms with Gasteiger partial charge in [-0.25, -0.2) is 0 Å². The molecule has 0 fully saturated rings. The lowest BCUT2D eigenvalue weighted by Crippen LogP contribution is -2.40. The second kappa shape index (κ2) is 6.89. The predicted molar refractivity (Wildman–Crippen MR) is 69.1 cm³/mol. The first-order chi connectivity index (χ1) is 7.28. The maximum Gasteiger partial charge on any atom is 0.220 e. The zero-order valence-electron chi connectivity index (χ0n) is 11.5. The van der Waals surface area contributed by atoms with Crippen molar-refractivity contribution in [1.82, 2.24) is 5.32 Å². The standard InChI is InChI=1S/C13H28N2O/c1-6-11(9-14)15-12(16)7-10(2)8-13(3,4)5/h10-11H,6-9,14H2,1-5H3,(H,15,16). The molecule has 0 radical (unpaired) electrons. The molecule has 0 heterocycles. The molecule has 2 unspecified atom stereocenters. The minimum atomic E-state index is 0.133. The van der Waals surface area contributed by atoms with Crippen molar-refractivity contribution in [2.24, 2.45) is 17.1 Å². The molecule has 0 aliphatic rings. The monoisotopic (exact) mass is 228 g/mol. The van der Waals surface area contributed by atoms with Gasteiger partial charge in [0.2, 0.25) is 5.91 Å². The zero-order chi connectivity index (χ0) is 12.8. The summed E-state index contributed by atoms with van der Waals surface area (Å²) in [6.07, 6.45) is 2.57. The molecule has 3 heteroatoms. The highest BCUT2D eigenvalue weighted by Gasteiger charge is 2.18. The smallest absolute Gasteiger partial charge is 0.220 e. The van der Waals surface area contributed by atoms with Gasteiger partial charge in [-0.2, -0.15) is 0 Å². The van der Waals surface area contributed by atoms with Crippen molar-refractivity contribution in [3.8, 4) is 0 Å². The number of hydrogen-bond donors (Lipinski definition) is 2. The van der Waals surface area contributed by atoms with E-state index in [2.05, 4.69) is 33.0 Å². The summed E-state index contributed by atoms with van der Waals surface area (Å²) in [5.41, 5.74) is 5.84. The molecule has 0 saturated heterocycles. The van der Waals surface area contributed by atoms with Gasteiger partial charge in [0.1, 0.15) is 0 Å². The van der Waals surface area contributed by atoms with Gasteiger partial charge in [0.05, 0.1) is 0 Å². The summed E-state index contributed by atoms with van der Waals surface area (Å²) >= 11 is 0. The Kier molecular flexibility index (Phi) is 6.65. The van der Waals surface area contributed by atoms with Crippen LogP contribution in [0.1, 0.15) is 53.9 Å². The maximum atomic E-state index is 11.7. The Balaban J connectivity index is 3.95. The van der Waals surface area contributed by atoms with Gasteiger partial charge >= 0.3 is 0 Å². The van der Waals surface area contributed by atoms with Crippen LogP contribution >= 0.6 is 0 Å². The SMILES string of the molecule is CCC(CN)NC(=O)CC(C)CC(C)(C)C. The van der Waals surface area contributed by atoms with Crippen molar-refractivity contribution in [3.05, 3.63) is 0 Å². The molecule has 0 spiro atoms. The van der Waals surface area contributed by atoms with E-state index in [0.717, 1.165) is 12.8 Å². The Hall–Kier alpha value is -0.570. The molecular weight excluding hydrogens is 200 g/mol. The summed E-state index contributed by atoms with van der Waals surface area (Å²) in [7, 11) is 0. The number of rotatable bonds is 6. The molecule has 0 rings (SSSR count). The van der Waals surface area contributed by atoms with Crippen LogP contribution in [0.3, 0.4) is 0 Å². The van der Waals surface area contributed by atoms with E-state index in [1.54, 1.807) is 0 Å². The number of nitrogens with two attached hydrogens (primary N) is 1. The second-order valence-electron chi connectivity index (χ2n) is 5.98. The molecule has 3 nitrogen and oxygen atoms in total. The number of hydrogen-bond acceptors (Lipinski definition) is 2. The molecule has 0 aromatic carbocycles. The van der Waals surface area contributed by atoms with E-state index in [4.69, 9.17) is 5.73 Å². The maximum absolute atomic E-state index is 11.7. The fourth-order valence-corrected chi connectivity index (χ4v) is 2.05. The van der Waals surface area contributed by atoms with Gasteiger partial charge in [0, 0.05) is 19.0 Å². The Labute approximate surface area is 100 Å². The normalized spacial score (nSPS) is 15.6. The van der Waals surface area contributed by atoms with Crippen LogP contribution in [0.2, 0.25) is 0 Å². The summed E-state index contributed by atoms with van der Waals surface area (Å²) in [5.74, 6) is 0.560. The number of amides is 1. The minimum Gasteiger partial charge on any atom is -0.352 e. The summed E-state index contributed by atoms with van der Waals surface area (Å²) < 4.78 is 0. The molecule has 0 aliphatic carbocycles. The van der Waals surface area contributed by atoms with E-state index in [1.807, 2.05) is 6.92 Å². The Morgan fingerprint density at radius 1 is 1.38 bits per heavy atom. The second-order valence-corrected chi connectivity index (χ2v) is 5.98. The summed E-state index contributed by atoms with van der Waals surface area (Å²) in [5, 5.41) is 2.97. The van der Waals surface area contributed by atoms with Crippen LogP contribution in [-0.2, 0) is 4.79 Å². The van der Waals surface area contributed by atoms with Crippen LogP contribution in [0.4, 0.5) is 0 Å². The van der Waals surface area contributed by atoms with Crippen molar-refractivity contribution >= 4 is 5.91 Å². The predicted octanol–water partition coefficient (Wildman–Crippen LogP) is 2.30. The average Bonchev–Trinajstić information content (AvgIpc) is 2.10. The molecule has 3 N–H and O–H groups in total. The quantitative estimate of drug-likeness (QED) is 0.733. The first kappa shape index (κ1) is 15.4. The van der Waals surface area contributed by atoms with E-state index < -0.39 is 0 Å². The van der Waals surface area contributed by atoms with E-state index in [0.29, 0.717) is 18.9 Å². The van der Waals surface area contributed by atoms with Crippen molar-refractivity contribution in [2.75, 3.05) is 6.54 Å². The summed E-state index contributed by atoms with van der Waals surface area (Å²) in [6.45, 7) is 11.3. The van der Waals surface area contributed by atoms with E-state index in [-0.39, 0.29) is 17.4 Å². The average molecular weight is 228 g/mol. The van der Waals surface area contributed by atoms with Gasteiger partial charge < -0.3 is 11.1 Å².